The molecule has 3 rings (SSSR count). The number of rotatable bonds is 6. The number of hydrogen-bond donors (Lipinski definition) is 0. The summed E-state index contributed by atoms with van der Waals surface area (Å²) >= 11 is 18.2. The van der Waals surface area contributed by atoms with Crippen LogP contribution >= 0.6 is 34.8 Å². The maximum Gasteiger partial charge on any atom is 0.164 e. The van der Waals surface area contributed by atoms with E-state index in [1.165, 1.54) is 11.8 Å². The summed E-state index contributed by atoms with van der Waals surface area (Å²) in [5.41, 5.74) is 2.95. The maximum atomic E-state index is 6.30. The summed E-state index contributed by atoms with van der Waals surface area (Å²) in [4.78, 5) is 12.7. The van der Waals surface area contributed by atoms with Crippen LogP contribution in [0.1, 0.15) is 29.2 Å². The van der Waals surface area contributed by atoms with Crippen LogP contribution in [0.15, 0.2) is 36.5 Å². The molecule has 0 fully saturated rings. The molecule has 3 aromatic rings. The number of hydrogen-bond acceptors (Lipinski definition) is 4. The number of aromatic nitrogens is 3. The van der Waals surface area contributed by atoms with Gasteiger partial charge in [-0.05, 0) is 56.9 Å². The number of nitrogens with zero attached hydrogens (tertiary/aromatic N) is 3. The van der Waals surface area contributed by atoms with Crippen LogP contribution in [0, 0.1) is 13.8 Å². The van der Waals surface area contributed by atoms with Crippen LogP contribution in [-0.4, -0.2) is 15.0 Å². The Morgan fingerprint density at radius 3 is 2.41 bits per heavy atom. The Hall–Kier alpha value is -1.88. The highest BCUT2D eigenvalue weighted by atomic mass is 35.5. The minimum Gasteiger partial charge on any atom is -0.454 e. The first kappa shape index (κ1) is 19.9. The van der Waals surface area contributed by atoms with Gasteiger partial charge in [0.25, 0.3) is 0 Å². The van der Waals surface area contributed by atoms with Crippen molar-refractivity contribution in [2.45, 2.75) is 33.1 Å². The van der Waals surface area contributed by atoms with Crippen molar-refractivity contribution in [1.82, 2.24) is 15.0 Å². The normalized spacial score (nSPS) is 10.9. The fraction of sp³-hybridized carbons (Fsp3) is 0.250. The lowest BCUT2D eigenvalue weighted by Crippen LogP contribution is -2.01. The van der Waals surface area contributed by atoms with Crippen molar-refractivity contribution >= 4 is 34.8 Å². The van der Waals surface area contributed by atoms with E-state index in [0.717, 1.165) is 36.5 Å². The molecule has 0 aliphatic rings. The van der Waals surface area contributed by atoms with Crippen molar-refractivity contribution in [1.29, 1.82) is 0 Å². The summed E-state index contributed by atoms with van der Waals surface area (Å²) in [6, 6.07) is 9.43. The molecule has 27 heavy (non-hydrogen) atoms. The predicted molar refractivity (Wildman–Crippen MR) is 109 cm³/mol. The van der Waals surface area contributed by atoms with Gasteiger partial charge in [0.1, 0.15) is 16.7 Å². The molecule has 0 saturated heterocycles. The molecule has 0 aliphatic carbocycles. The molecule has 0 aliphatic heterocycles. The largest absolute Gasteiger partial charge is 0.454 e. The Kier molecular flexibility index (Phi) is 6.53. The van der Waals surface area contributed by atoms with E-state index in [9.17, 15) is 0 Å². The van der Waals surface area contributed by atoms with E-state index in [1.54, 1.807) is 6.07 Å². The van der Waals surface area contributed by atoms with Gasteiger partial charge in [-0.25, -0.2) is 15.0 Å². The van der Waals surface area contributed by atoms with Crippen molar-refractivity contribution < 1.29 is 4.74 Å². The lowest BCUT2D eigenvalue weighted by molar-refractivity contribution is 0.480. The Labute approximate surface area is 173 Å². The first-order valence-corrected chi connectivity index (χ1v) is 9.63. The zero-order valence-corrected chi connectivity index (χ0v) is 17.2. The second kappa shape index (κ2) is 8.87. The molecule has 0 radical (unpaired) electrons. The summed E-state index contributed by atoms with van der Waals surface area (Å²) in [7, 11) is 0. The average molecular weight is 423 g/mol. The maximum absolute atomic E-state index is 6.30. The number of benzene rings is 1. The van der Waals surface area contributed by atoms with Crippen LogP contribution in [0.5, 0.6) is 11.5 Å². The van der Waals surface area contributed by atoms with Gasteiger partial charge in [-0.3, -0.25) is 0 Å². The van der Waals surface area contributed by atoms with Gasteiger partial charge in [-0.15, -0.1) is 0 Å². The van der Waals surface area contributed by atoms with Crippen LogP contribution in [0.2, 0.25) is 15.2 Å². The molecular weight excluding hydrogens is 405 g/mol. The van der Waals surface area contributed by atoms with Crippen molar-refractivity contribution in [3.63, 3.8) is 0 Å². The number of halogens is 3. The van der Waals surface area contributed by atoms with Gasteiger partial charge in [0.05, 0.1) is 27.6 Å². The third-order valence-electron chi connectivity index (χ3n) is 4.01. The second-order valence-electron chi connectivity index (χ2n) is 6.15. The van der Waals surface area contributed by atoms with Gasteiger partial charge in [0, 0.05) is 0 Å². The first-order valence-electron chi connectivity index (χ1n) is 8.50. The molecule has 0 saturated carbocycles. The monoisotopic (exact) mass is 421 g/mol. The molecule has 2 heterocycles. The molecule has 1 aromatic carbocycles. The molecule has 0 bridgehead atoms. The minimum atomic E-state index is 0.330. The lowest BCUT2D eigenvalue weighted by atomic mass is 10.1. The summed E-state index contributed by atoms with van der Waals surface area (Å²) in [5, 5.41) is 1.42. The van der Waals surface area contributed by atoms with Crippen molar-refractivity contribution in [3.8, 4) is 11.5 Å². The van der Waals surface area contributed by atoms with Gasteiger partial charge in [-0.1, -0.05) is 46.9 Å². The van der Waals surface area contributed by atoms with Crippen LogP contribution in [0.3, 0.4) is 0 Å². The van der Waals surface area contributed by atoms with E-state index >= 15 is 0 Å². The summed E-state index contributed by atoms with van der Waals surface area (Å²) < 4.78 is 5.75. The third kappa shape index (κ3) is 5.32. The quantitative estimate of drug-likeness (QED) is 0.430. The van der Waals surface area contributed by atoms with Crippen LogP contribution in [0.25, 0.3) is 0 Å². The summed E-state index contributed by atoms with van der Waals surface area (Å²) in [5.74, 6) is 1.91. The molecule has 0 unspecified atom stereocenters. The van der Waals surface area contributed by atoms with Crippen molar-refractivity contribution in [2.24, 2.45) is 0 Å². The zero-order valence-electron chi connectivity index (χ0n) is 15.0. The van der Waals surface area contributed by atoms with E-state index in [0.29, 0.717) is 26.7 Å². The Balaban J connectivity index is 1.58. The molecule has 0 amide bonds. The molecule has 140 valence electrons. The van der Waals surface area contributed by atoms with E-state index in [2.05, 4.69) is 15.0 Å². The highest BCUT2D eigenvalue weighted by Gasteiger charge is 2.08. The van der Waals surface area contributed by atoms with E-state index in [4.69, 9.17) is 39.5 Å². The zero-order chi connectivity index (χ0) is 19.4. The van der Waals surface area contributed by atoms with E-state index in [1.807, 2.05) is 38.1 Å². The molecule has 0 spiro atoms. The number of ether oxygens (including phenoxy) is 1. The van der Waals surface area contributed by atoms with Crippen LogP contribution in [-0.2, 0) is 12.8 Å². The predicted octanol–water partition coefficient (Wildman–Crippen LogP) is 6.42. The molecule has 0 N–H and O–H groups in total. The van der Waals surface area contributed by atoms with Gasteiger partial charge in [0.15, 0.2) is 5.75 Å². The van der Waals surface area contributed by atoms with Crippen molar-refractivity contribution in [3.05, 3.63) is 74.5 Å². The fourth-order valence-corrected chi connectivity index (χ4v) is 3.30. The topological polar surface area (TPSA) is 47.9 Å². The highest BCUT2D eigenvalue weighted by Crippen LogP contribution is 2.30. The fourth-order valence-electron chi connectivity index (χ4n) is 2.72. The van der Waals surface area contributed by atoms with Gasteiger partial charge in [0.2, 0.25) is 0 Å². The average Bonchev–Trinajstić information content (AvgIpc) is 2.63. The second-order valence-corrected chi connectivity index (χ2v) is 7.33. The Morgan fingerprint density at radius 2 is 1.70 bits per heavy atom. The summed E-state index contributed by atoms with van der Waals surface area (Å²) in [6.07, 6.45) is 4.19. The highest BCUT2D eigenvalue weighted by molar-refractivity contribution is 6.34. The van der Waals surface area contributed by atoms with Crippen LogP contribution < -0.4 is 4.74 Å². The van der Waals surface area contributed by atoms with E-state index in [-0.39, 0.29) is 0 Å². The molecular formula is C20H18Cl3N3O. The molecule has 2 aromatic heterocycles. The smallest absolute Gasteiger partial charge is 0.164 e. The van der Waals surface area contributed by atoms with Crippen LogP contribution in [0.4, 0.5) is 0 Å². The molecule has 0 atom stereocenters. The lowest BCUT2D eigenvalue weighted by Gasteiger charge is -2.09. The minimum absolute atomic E-state index is 0.330. The molecule has 4 nitrogen and oxygen atoms in total. The standard InChI is InChI=1S/C20H18Cl3N3O/c1-12-20(23)17(26-13(2)25-12)5-3-4-14-6-8-15(9-7-14)27-18-11-24-19(22)10-16(18)21/h6-11H,3-5H2,1-2H3. The van der Waals surface area contributed by atoms with Crippen molar-refractivity contribution in [2.75, 3.05) is 0 Å². The van der Waals surface area contributed by atoms with Gasteiger partial charge < -0.3 is 4.74 Å². The number of aryl methyl sites for hydroxylation is 4. The summed E-state index contributed by atoms with van der Waals surface area (Å²) in [6.45, 7) is 3.79. The van der Waals surface area contributed by atoms with Gasteiger partial charge in [-0.2, -0.15) is 0 Å². The van der Waals surface area contributed by atoms with E-state index < -0.39 is 0 Å². The SMILES string of the molecule is Cc1nc(C)c(Cl)c(CCCc2ccc(Oc3cnc(Cl)cc3Cl)cc2)n1. The Bertz CT molecular complexity index is 946. The third-order valence-corrected chi connectivity index (χ3v) is 5.01. The molecule has 7 heteroatoms. The Morgan fingerprint density at radius 1 is 0.963 bits per heavy atom. The first-order chi connectivity index (χ1) is 12.9. The van der Waals surface area contributed by atoms with Gasteiger partial charge >= 0.3 is 0 Å². The number of pyridine rings is 1.